The summed E-state index contributed by atoms with van der Waals surface area (Å²) in [5.41, 5.74) is 5.52. The summed E-state index contributed by atoms with van der Waals surface area (Å²) < 4.78 is 5.33. The Labute approximate surface area is 195 Å². The maximum absolute atomic E-state index is 13.4. The van der Waals surface area contributed by atoms with E-state index in [2.05, 4.69) is 43.4 Å². The number of nitrogens with one attached hydrogen (secondary N) is 1. The number of aromatic nitrogens is 1. The van der Waals surface area contributed by atoms with Gasteiger partial charge in [-0.05, 0) is 54.7 Å². The highest BCUT2D eigenvalue weighted by molar-refractivity contribution is 6.07. The van der Waals surface area contributed by atoms with Crippen molar-refractivity contribution >= 4 is 16.8 Å². The molecule has 0 spiro atoms. The highest BCUT2D eigenvalue weighted by atomic mass is 16.5. The van der Waals surface area contributed by atoms with Gasteiger partial charge in [0, 0.05) is 10.9 Å². The van der Waals surface area contributed by atoms with Gasteiger partial charge in [-0.15, -0.1) is 0 Å². The number of methoxy groups -OCH3 is 1. The molecule has 3 aromatic carbocycles. The van der Waals surface area contributed by atoms with Crippen molar-refractivity contribution < 1.29 is 9.53 Å². The Bertz CT molecular complexity index is 1260. The van der Waals surface area contributed by atoms with Gasteiger partial charge in [0.1, 0.15) is 5.75 Å². The molecular weight excluding hydrogens is 408 g/mol. The lowest BCUT2D eigenvalue weighted by molar-refractivity contribution is 0.0941. The number of pyridine rings is 1. The predicted octanol–water partition coefficient (Wildman–Crippen LogP) is 6.60. The highest BCUT2D eigenvalue weighted by Gasteiger charge is 2.17. The molecular formula is C29H30N2O2. The zero-order chi connectivity index (χ0) is 23.4. The molecule has 4 nitrogen and oxygen atoms in total. The number of rotatable bonds is 7. The third-order valence-electron chi connectivity index (χ3n) is 5.80. The number of hydrogen-bond donors (Lipinski definition) is 1. The zero-order valence-corrected chi connectivity index (χ0v) is 19.6. The second-order valence-electron chi connectivity index (χ2n) is 8.84. The lowest BCUT2D eigenvalue weighted by Crippen LogP contribution is -2.27. The van der Waals surface area contributed by atoms with Gasteiger partial charge in [-0.3, -0.25) is 4.79 Å². The van der Waals surface area contributed by atoms with E-state index in [4.69, 9.17) is 9.72 Å². The first-order valence-corrected chi connectivity index (χ1v) is 11.4. The molecule has 0 saturated heterocycles. The van der Waals surface area contributed by atoms with Gasteiger partial charge < -0.3 is 10.1 Å². The van der Waals surface area contributed by atoms with Crippen molar-refractivity contribution in [1.82, 2.24) is 10.3 Å². The monoisotopic (exact) mass is 438 g/mol. The maximum atomic E-state index is 13.4. The van der Waals surface area contributed by atoms with E-state index in [0.29, 0.717) is 11.5 Å². The number of carbonyl (C=O) groups excluding carboxylic acids is 1. The third-order valence-corrected chi connectivity index (χ3v) is 5.80. The van der Waals surface area contributed by atoms with E-state index < -0.39 is 0 Å². The standard InChI is InChI=1S/C29H30N2O2/c1-19(2)16-21-12-14-22(15-13-21)28-18-26(25-10-5-6-11-27(25)31-28)29(32)30-20(3)23-8-7-9-24(17-23)33-4/h5-15,17-20H,16H2,1-4H3,(H,30,32)/t20-/m0/s1. The molecule has 1 heterocycles. The van der Waals surface area contributed by atoms with Crippen molar-refractivity contribution in [2.24, 2.45) is 5.92 Å². The van der Waals surface area contributed by atoms with Crippen molar-refractivity contribution in [3.05, 3.63) is 95.6 Å². The number of para-hydroxylation sites is 1. The van der Waals surface area contributed by atoms with E-state index in [1.807, 2.05) is 61.5 Å². The van der Waals surface area contributed by atoms with Crippen molar-refractivity contribution in [1.29, 1.82) is 0 Å². The van der Waals surface area contributed by atoms with Crippen LogP contribution in [0, 0.1) is 5.92 Å². The normalized spacial score (nSPS) is 12.0. The maximum Gasteiger partial charge on any atom is 0.252 e. The van der Waals surface area contributed by atoms with E-state index in [-0.39, 0.29) is 11.9 Å². The van der Waals surface area contributed by atoms with Gasteiger partial charge in [-0.2, -0.15) is 0 Å². The third kappa shape index (κ3) is 5.23. The molecule has 1 amide bonds. The average Bonchev–Trinajstić information content (AvgIpc) is 2.83. The highest BCUT2D eigenvalue weighted by Crippen LogP contribution is 2.27. The van der Waals surface area contributed by atoms with Gasteiger partial charge >= 0.3 is 0 Å². The molecule has 0 saturated carbocycles. The summed E-state index contributed by atoms with van der Waals surface area (Å²) in [6.07, 6.45) is 1.04. The number of nitrogens with zero attached hydrogens (tertiary/aromatic N) is 1. The molecule has 0 bridgehead atoms. The fraction of sp³-hybridized carbons (Fsp3) is 0.241. The van der Waals surface area contributed by atoms with Gasteiger partial charge in [0.15, 0.2) is 0 Å². The molecule has 4 heteroatoms. The number of fused-ring (bicyclic) bond motifs is 1. The van der Waals surface area contributed by atoms with Gasteiger partial charge in [0.2, 0.25) is 0 Å². The summed E-state index contributed by atoms with van der Waals surface area (Å²) in [5.74, 6) is 1.25. The minimum atomic E-state index is -0.168. The predicted molar refractivity (Wildman–Crippen MR) is 135 cm³/mol. The smallest absolute Gasteiger partial charge is 0.252 e. The summed E-state index contributed by atoms with van der Waals surface area (Å²) in [7, 11) is 1.64. The Hall–Kier alpha value is -3.66. The summed E-state index contributed by atoms with van der Waals surface area (Å²) in [5, 5.41) is 3.98. The zero-order valence-electron chi connectivity index (χ0n) is 19.6. The Morgan fingerprint density at radius 2 is 1.70 bits per heavy atom. The lowest BCUT2D eigenvalue weighted by atomic mass is 9.99. The van der Waals surface area contributed by atoms with Gasteiger partial charge in [-0.25, -0.2) is 4.98 Å². The minimum absolute atomic E-state index is 0.124. The number of carbonyl (C=O) groups is 1. The largest absolute Gasteiger partial charge is 0.497 e. The number of amides is 1. The number of hydrogen-bond acceptors (Lipinski definition) is 3. The molecule has 0 aliphatic rings. The van der Waals surface area contributed by atoms with Crippen LogP contribution in [-0.2, 0) is 6.42 Å². The van der Waals surface area contributed by atoms with Crippen molar-refractivity contribution in [3.8, 4) is 17.0 Å². The van der Waals surface area contributed by atoms with Crippen molar-refractivity contribution in [3.63, 3.8) is 0 Å². The van der Waals surface area contributed by atoms with E-state index in [1.165, 1.54) is 5.56 Å². The molecule has 0 fully saturated rings. The summed E-state index contributed by atoms with van der Waals surface area (Å²) in [4.78, 5) is 18.2. The second kappa shape index (κ2) is 9.86. The van der Waals surface area contributed by atoms with Gasteiger partial charge in [0.05, 0.1) is 29.9 Å². The van der Waals surface area contributed by atoms with E-state index in [0.717, 1.165) is 39.9 Å². The fourth-order valence-electron chi connectivity index (χ4n) is 4.06. The van der Waals surface area contributed by atoms with Crippen LogP contribution in [-0.4, -0.2) is 18.0 Å². The van der Waals surface area contributed by atoms with Crippen LogP contribution in [0.25, 0.3) is 22.2 Å². The van der Waals surface area contributed by atoms with Crippen LogP contribution < -0.4 is 10.1 Å². The van der Waals surface area contributed by atoms with Crippen LogP contribution in [0.3, 0.4) is 0 Å². The van der Waals surface area contributed by atoms with Crippen molar-refractivity contribution in [2.45, 2.75) is 33.2 Å². The molecule has 0 aliphatic heterocycles. The number of benzene rings is 3. The second-order valence-corrected chi connectivity index (χ2v) is 8.84. The molecule has 4 rings (SSSR count). The molecule has 1 N–H and O–H groups in total. The minimum Gasteiger partial charge on any atom is -0.497 e. The summed E-state index contributed by atoms with van der Waals surface area (Å²) in [6, 6.07) is 25.8. The van der Waals surface area contributed by atoms with Crippen LogP contribution in [0.4, 0.5) is 0 Å². The van der Waals surface area contributed by atoms with Crippen LogP contribution in [0.5, 0.6) is 5.75 Å². The molecule has 1 aromatic heterocycles. The van der Waals surface area contributed by atoms with Crippen molar-refractivity contribution in [2.75, 3.05) is 7.11 Å². The summed E-state index contributed by atoms with van der Waals surface area (Å²) >= 11 is 0. The van der Waals surface area contributed by atoms with Crippen LogP contribution in [0.1, 0.15) is 48.3 Å². The lowest BCUT2D eigenvalue weighted by Gasteiger charge is -2.17. The quantitative estimate of drug-likeness (QED) is 0.354. The molecule has 0 aliphatic carbocycles. The Morgan fingerprint density at radius 1 is 0.939 bits per heavy atom. The average molecular weight is 439 g/mol. The van der Waals surface area contributed by atoms with E-state index >= 15 is 0 Å². The van der Waals surface area contributed by atoms with Crippen LogP contribution in [0.2, 0.25) is 0 Å². The fourth-order valence-corrected chi connectivity index (χ4v) is 4.06. The Morgan fingerprint density at radius 3 is 2.42 bits per heavy atom. The first-order chi connectivity index (χ1) is 15.9. The molecule has 4 aromatic rings. The summed E-state index contributed by atoms with van der Waals surface area (Å²) in [6.45, 7) is 6.41. The first-order valence-electron chi connectivity index (χ1n) is 11.4. The molecule has 1 atom stereocenters. The Balaban J connectivity index is 1.67. The topological polar surface area (TPSA) is 51.2 Å². The number of ether oxygens (including phenoxy) is 1. The first kappa shape index (κ1) is 22.5. The molecule has 33 heavy (non-hydrogen) atoms. The SMILES string of the molecule is COc1cccc([C@H](C)NC(=O)c2cc(-c3ccc(CC(C)C)cc3)nc3ccccc23)c1. The van der Waals surface area contributed by atoms with Gasteiger partial charge in [0.25, 0.3) is 5.91 Å². The molecule has 168 valence electrons. The van der Waals surface area contributed by atoms with Crippen LogP contribution >= 0.6 is 0 Å². The van der Waals surface area contributed by atoms with E-state index in [1.54, 1.807) is 7.11 Å². The molecule has 0 unspecified atom stereocenters. The van der Waals surface area contributed by atoms with E-state index in [9.17, 15) is 4.79 Å². The van der Waals surface area contributed by atoms with Crippen LogP contribution in [0.15, 0.2) is 78.9 Å². The molecule has 0 radical (unpaired) electrons. The Kier molecular flexibility index (Phi) is 6.74. The van der Waals surface area contributed by atoms with Gasteiger partial charge in [-0.1, -0.05) is 68.4 Å².